The van der Waals surface area contributed by atoms with Crippen molar-refractivity contribution in [1.82, 2.24) is 0 Å². The smallest absolute Gasteiger partial charge is 0.133 e. The summed E-state index contributed by atoms with van der Waals surface area (Å²) in [5.41, 5.74) is -0.142. The molecule has 0 aromatic heterocycles. The molecular weight excluding hydrogens is 233 g/mol. The van der Waals surface area contributed by atoms with Gasteiger partial charge >= 0.3 is 0 Å². The van der Waals surface area contributed by atoms with E-state index in [4.69, 9.17) is 0 Å². The maximum atomic E-state index is 12.9. The molecule has 1 rings (SSSR count). The van der Waals surface area contributed by atoms with Crippen molar-refractivity contribution in [1.29, 1.82) is 0 Å². The van der Waals surface area contributed by atoms with Crippen molar-refractivity contribution in [3.63, 3.8) is 0 Å². The van der Waals surface area contributed by atoms with Crippen LogP contribution < -0.4 is 0 Å². The lowest BCUT2D eigenvalue weighted by molar-refractivity contribution is 0.525. The minimum absolute atomic E-state index is 0.142. The van der Waals surface area contributed by atoms with Gasteiger partial charge in [-0.1, -0.05) is 15.9 Å². The van der Waals surface area contributed by atoms with Crippen LogP contribution in [0.4, 0.5) is 13.2 Å². The predicted octanol–water partition coefficient (Wildman–Crippen LogP) is 3.56. The fourth-order valence-electron chi connectivity index (χ4n) is 0.933. The molecule has 1 aromatic carbocycles. The van der Waals surface area contributed by atoms with E-state index in [9.17, 15) is 13.2 Å². The molecule has 0 amide bonds. The van der Waals surface area contributed by atoms with Gasteiger partial charge in [-0.2, -0.15) is 0 Å². The summed E-state index contributed by atoms with van der Waals surface area (Å²) in [6.45, 7) is 1.57. The molecule has 0 aliphatic rings. The summed E-state index contributed by atoms with van der Waals surface area (Å²) in [5, 5.41) is 0. The third kappa shape index (κ3) is 1.80. The van der Waals surface area contributed by atoms with Crippen molar-refractivity contribution >= 4 is 15.9 Å². The molecule has 0 fully saturated rings. The Morgan fingerprint density at radius 3 is 1.92 bits per heavy atom. The van der Waals surface area contributed by atoms with Gasteiger partial charge in [-0.05, 0) is 6.92 Å². The van der Waals surface area contributed by atoms with Crippen LogP contribution in [0.1, 0.15) is 17.3 Å². The van der Waals surface area contributed by atoms with E-state index in [1.807, 2.05) is 0 Å². The van der Waals surface area contributed by atoms with Crippen LogP contribution in [0.25, 0.3) is 0 Å². The van der Waals surface area contributed by atoms with E-state index in [1.165, 1.54) is 0 Å². The lowest BCUT2D eigenvalue weighted by Crippen LogP contribution is -1.97. The molecule has 1 aromatic rings. The Morgan fingerprint density at radius 1 is 1.17 bits per heavy atom. The number of rotatable bonds is 1. The van der Waals surface area contributed by atoms with Crippen LogP contribution in [0.5, 0.6) is 0 Å². The Labute approximate surface area is 76.5 Å². The zero-order valence-electron chi connectivity index (χ0n) is 6.24. The summed E-state index contributed by atoms with van der Waals surface area (Å²) >= 11 is 3.01. The van der Waals surface area contributed by atoms with Crippen LogP contribution in [0.2, 0.25) is 0 Å². The van der Waals surface area contributed by atoms with Gasteiger partial charge in [-0.15, -0.1) is 0 Å². The van der Waals surface area contributed by atoms with Gasteiger partial charge in [0.05, 0.1) is 0 Å². The van der Waals surface area contributed by atoms with Gasteiger partial charge in [0, 0.05) is 22.5 Å². The summed E-state index contributed by atoms with van der Waals surface area (Å²) in [6, 6.07) is 1.33. The second-order valence-electron chi connectivity index (χ2n) is 2.40. The average Bonchev–Trinajstić information content (AvgIpc) is 1.82. The first-order valence-corrected chi connectivity index (χ1v) is 4.22. The molecule has 66 valence electrons. The highest BCUT2D eigenvalue weighted by Gasteiger charge is 2.14. The monoisotopic (exact) mass is 238 g/mol. The molecular formula is C8H6BrF3. The van der Waals surface area contributed by atoms with E-state index < -0.39 is 22.3 Å². The van der Waals surface area contributed by atoms with Crippen LogP contribution >= 0.6 is 15.9 Å². The Balaban J connectivity index is 3.28. The summed E-state index contributed by atoms with van der Waals surface area (Å²) in [6.07, 6.45) is 0. The largest absolute Gasteiger partial charge is 0.207 e. The quantitative estimate of drug-likeness (QED) is 0.657. The molecule has 12 heavy (non-hydrogen) atoms. The van der Waals surface area contributed by atoms with Crippen molar-refractivity contribution in [2.45, 2.75) is 11.8 Å². The number of halogens is 4. The molecule has 1 atom stereocenters. The molecule has 0 radical (unpaired) electrons. The zero-order chi connectivity index (χ0) is 9.30. The van der Waals surface area contributed by atoms with Gasteiger partial charge < -0.3 is 0 Å². The Kier molecular flexibility index (Phi) is 2.77. The fourth-order valence-corrected chi connectivity index (χ4v) is 1.37. The van der Waals surface area contributed by atoms with Crippen LogP contribution in [0.3, 0.4) is 0 Å². The molecule has 0 aliphatic heterocycles. The van der Waals surface area contributed by atoms with E-state index in [1.54, 1.807) is 6.92 Å². The van der Waals surface area contributed by atoms with Gasteiger partial charge in [-0.25, -0.2) is 13.2 Å². The minimum Gasteiger partial charge on any atom is -0.207 e. The van der Waals surface area contributed by atoms with E-state index >= 15 is 0 Å². The lowest BCUT2D eigenvalue weighted by Gasteiger charge is -2.06. The Morgan fingerprint density at radius 2 is 1.58 bits per heavy atom. The number of alkyl halides is 1. The van der Waals surface area contributed by atoms with Crippen molar-refractivity contribution in [3.05, 3.63) is 35.1 Å². The molecule has 0 heterocycles. The van der Waals surface area contributed by atoms with Crippen LogP contribution in [-0.2, 0) is 0 Å². The molecule has 0 bridgehead atoms. The van der Waals surface area contributed by atoms with E-state index in [0.717, 1.165) is 0 Å². The third-order valence-corrected chi connectivity index (χ3v) is 1.90. The number of hydrogen-bond donors (Lipinski definition) is 0. The Bertz CT molecular complexity index is 273. The summed E-state index contributed by atoms with van der Waals surface area (Å²) in [4.78, 5) is -0.460. The average molecular weight is 239 g/mol. The van der Waals surface area contributed by atoms with Crippen molar-refractivity contribution in [3.8, 4) is 0 Å². The first-order chi connectivity index (χ1) is 5.52. The highest BCUT2D eigenvalue weighted by Crippen LogP contribution is 2.27. The lowest BCUT2D eigenvalue weighted by atomic mass is 10.1. The van der Waals surface area contributed by atoms with Gasteiger partial charge in [-0.3, -0.25) is 0 Å². The fraction of sp³-hybridized carbons (Fsp3) is 0.250. The topological polar surface area (TPSA) is 0 Å². The molecule has 0 saturated heterocycles. The minimum atomic E-state index is -0.901. The summed E-state index contributed by atoms with van der Waals surface area (Å²) in [5.74, 6) is -2.63. The molecule has 0 spiro atoms. The first kappa shape index (κ1) is 9.58. The number of hydrogen-bond acceptors (Lipinski definition) is 0. The van der Waals surface area contributed by atoms with Gasteiger partial charge in [0.25, 0.3) is 0 Å². The van der Waals surface area contributed by atoms with Crippen LogP contribution in [-0.4, -0.2) is 0 Å². The highest BCUT2D eigenvalue weighted by atomic mass is 79.9. The van der Waals surface area contributed by atoms with Crippen molar-refractivity contribution < 1.29 is 13.2 Å². The molecule has 4 heteroatoms. The van der Waals surface area contributed by atoms with Crippen LogP contribution in [0.15, 0.2) is 12.1 Å². The van der Waals surface area contributed by atoms with E-state index in [-0.39, 0.29) is 5.56 Å². The van der Waals surface area contributed by atoms with Gasteiger partial charge in [0.2, 0.25) is 0 Å². The van der Waals surface area contributed by atoms with E-state index in [0.29, 0.717) is 12.1 Å². The van der Waals surface area contributed by atoms with Crippen LogP contribution in [0, 0.1) is 17.5 Å². The zero-order valence-corrected chi connectivity index (χ0v) is 7.83. The molecule has 0 unspecified atom stereocenters. The standard InChI is InChI=1S/C8H6BrF3/c1-4(9)8-6(11)2-5(10)3-7(8)12/h2-4H,1H3/t4-/m0/s1. The SMILES string of the molecule is C[C@H](Br)c1c(F)cc(F)cc1F. The molecule has 0 nitrogen and oxygen atoms in total. The molecule has 0 N–H and O–H groups in total. The van der Waals surface area contributed by atoms with Gasteiger partial charge in [0.15, 0.2) is 0 Å². The first-order valence-electron chi connectivity index (χ1n) is 3.31. The third-order valence-electron chi connectivity index (χ3n) is 1.44. The summed E-state index contributed by atoms with van der Waals surface area (Å²) < 4.78 is 38.1. The van der Waals surface area contributed by atoms with Gasteiger partial charge in [0.1, 0.15) is 17.5 Å². The molecule has 0 saturated carbocycles. The van der Waals surface area contributed by atoms with Crippen molar-refractivity contribution in [2.24, 2.45) is 0 Å². The maximum absolute atomic E-state index is 12.9. The number of benzene rings is 1. The summed E-state index contributed by atoms with van der Waals surface area (Å²) in [7, 11) is 0. The normalized spacial score (nSPS) is 13.1. The molecule has 0 aliphatic carbocycles. The Hall–Kier alpha value is -0.510. The van der Waals surface area contributed by atoms with Crippen molar-refractivity contribution in [2.75, 3.05) is 0 Å². The maximum Gasteiger partial charge on any atom is 0.133 e. The highest BCUT2D eigenvalue weighted by molar-refractivity contribution is 9.09. The van der Waals surface area contributed by atoms with E-state index in [2.05, 4.69) is 15.9 Å². The predicted molar refractivity (Wildman–Crippen MR) is 43.7 cm³/mol. The second-order valence-corrected chi connectivity index (χ2v) is 3.77. The second kappa shape index (κ2) is 3.47.